The van der Waals surface area contributed by atoms with E-state index in [2.05, 4.69) is 11.9 Å². The van der Waals surface area contributed by atoms with Crippen molar-refractivity contribution in [3.8, 4) is 5.75 Å². The molecule has 2 aromatic carbocycles. The van der Waals surface area contributed by atoms with Crippen molar-refractivity contribution in [2.45, 2.75) is 6.54 Å². The van der Waals surface area contributed by atoms with E-state index in [9.17, 15) is 4.79 Å². The van der Waals surface area contributed by atoms with Crippen LogP contribution in [0.25, 0.3) is 0 Å². The molecule has 0 unspecified atom stereocenters. The third kappa shape index (κ3) is 4.11. The lowest BCUT2D eigenvalue weighted by atomic mass is 10.1. The molecule has 4 nitrogen and oxygen atoms in total. The second kappa shape index (κ2) is 7.14. The zero-order chi connectivity index (χ0) is 15.1. The number of rotatable bonds is 6. The lowest BCUT2D eigenvalue weighted by Crippen LogP contribution is -2.22. The van der Waals surface area contributed by atoms with Gasteiger partial charge in [-0.2, -0.15) is 0 Å². The van der Waals surface area contributed by atoms with Gasteiger partial charge in [0.25, 0.3) is 5.91 Å². The Labute approximate surface area is 124 Å². The fourth-order valence-corrected chi connectivity index (χ4v) is 1.85. The third-order valence-corrected chi connectivity index (χ3v) is 2.92. The van der Waals surface area contributed by atoms with Crippen LogP contribution in [0.4, 0.5) is 5.69 Å². The number of nitrogens with two attached hydrogens (primary N) is 1. The summed E-state index contributed by atoms with van der Waals surface area (Å²) in [5.41, 5.74) is 7.86. The summed E-state index contributed by atoms with van der Waals surface area (Å²) in [5, 5.41) is 2.85. The van der Waals surface area contributed by atoms with Gasteiger partial charge in [-0.1, -0.05) is 43.0 Å². The Balaban J connectivity index is 1.99. The Morgan fingerprint density at radius 3 is 2.67 bits per heavy atom. The van der Waals surface area contributed by atoms with Gasteiger partial charge in [-0.15, -0.1) is 0 Å². The maximum atomic E-state index is 12.1. The molecule has 0 bridgehead atoms. The van der Waals surface area contributed by atoms with Crippen molar-refractivity contribution in [1.29, 1.82) is 0 Å². The van der Waals surface area contributed by atoms with Crippen molar-refractivity contribution in [2.24, 2.45) is 0 Å². The zero-order valence-electron chi connectivity index (χ0n) is 11.7. The van der Waals surface area contributed by atoms with Gasteiger partial charge in [0, 0.05) is 12.1 Å². The number of hydrogen-bond donors (Lipinski definition) is 2. The fourth-order valence-electron chi connectivity index (χ4n) is 1.85. The average molecular weight is 282 g/mol. The highest BCUT2D eigenvalue weighted by atomic mass is 16.5. The van der Waals surface area contributed by atoms with E-state index in [1.165, 1.54) is 0 Å². The lowest BCUT2D eigenvalue weighted by molar-refractivity contribution is 0.0951. The van der Waals surface area contributed by atoms with Gasteiger partial charge in [0.2, 0.25) is 0 Å². The van der Waals surface area contributed by atoms with Crippen LogP contribution in [0, 0.1) is 0 Å². The predicted molar refractivity (Wildman–Crippen MR) is 84.2 cm³/mol. The first-order valence-electron chi connectivity index (χ1n) is 6.66. The molecule has 0 spiro atoms. The van der Waals surface area contributed by atoms with Gasteiger partial charge < -0.3 is 15.8 Å². The van der Waals surface area contributed by atoms with Crippen molar-refractivity contribution < 1.29 is 9.53 Å². The van der Waals surface area contributed by atoms with Gasteiger partial charge in [0.1, 0.15) is 12.4 Å². The highest BCUT2D eigenvalue weighted by Crippen LogP contribution is 2.22. The molecule has 108 valence electrons. The van der Waals surface area contributed by atoms with Crippen LogP contribution >= 0.6 is 0 Å². The van der Waals surface area contributed by atoms with Crippen molar-refractivity contribution in [2.75, 3.05) is 12.3 Å². The molecule has 0 aliphatic heterocycles. The number of anilines is 1. The summed E-state index contributed by atoms with van der Waals surface area (Å²) in [4.78, 5) is 12.1. The molecule has 0 saturated heterocycles. The summed E-state index contributed by atoms with van der Waals surface area (Å²) in [5.74, 6) is 0.385. The van der Waals surface area contributed by atoms with Crippen LogP contribution in [0.3, 0.4) is 0 Å². The summed E-state index contributed by atoms with van der Waals surface area (Å²) < 4.78 is 5.38. The van der Waals surface area contributed by atoms with Gasteiger partial charge in [0.05, 0.1) is 5.69 Å². The van der Waals surface area contributed by atoms with E-state index < -0.39 is 0 Å². The van der Waals surface area contributed by atoms with E-state index >= 15 is 0 Å². The molecular formula is C17H18N2O2. The van der Waals surface area contributed by atoms with E-state index in [1.54, 1.807) is 24.3 Å². The third-order valence-electron chi connectivity index (χ3n) is 2.92. The van der Waals surface area contributed by atoms with Gasteiger partial charge in [0.15, 0.2) is 0 Å². The second-order valence-corrected chi connectivity index (χ2v) is 4.52. The van der Waals surface area contributed by atoms with E-state index in [0.29, 0.717) is 30.2 Å². The summed E-state index contributed by atoms with van der Waals surface area (Å²) in [6.45, 7) is 4.43. The molecule has 0 heterocycles. The van der Waals surface area contributed by atoms with Crippen LogP contribution < -0.4 is 15.8 Å². The molecule has 1 amide bonds. The molecular weight excluding hydrogens is 264 g/mol. The summed E-state index contributed by atoms with van der Waals surface area (Å²) in [7, 11) is 0. The number of ether oxygens (including phenoxy) is 1. The Kier molecular flexibility index (Phi) is 4.99. The number of carbonyl (C=O) groups excluding carboxylic acids is 1. The maximum absolute atomic E-state index is 12.1. The first-order valence-corrected chi connectivity index (χ1v) is 6.66. The lowest BCUT2D eigenvalue weighted by Gasteiger charge is -2.09. The summed E-state index contributed by atoms with van der Waals surface area (Å²) in [6.07, 6.45) is 1.64. The van der Waals surface area contributed by atoms with Crippen LogP contribution in [0.5, 0.6) is 5.75 Å². The molecule has 2 aromatic rings. The van der Waals surface area contributed by atoms with E-state index in [0.717, 1.165) is 5.56 Å². The first-order chi connectivity index (χ1) is 10.2. The van der Waals surface area contributed by atoms with Crippen molar-refractivity contribution in [3.05, 3.63) is 72.3 Å². The molecule has 0 aromatic heterocycles. The van der Waals surface area contributed by atoms with Crippen molar-refractivity contribution in [3.63, 3.8) is 0 Å². The maximum Gasteiger partial charge on any atom is 0.251 e. The van der Waals surface area contributed by atoms with Crippen LogP contribution in [-0.2, 0) is 6.54 Å². The Bertz CT molecular complexity index is 624. The van der Waals surface area contributed by atoms with Crippen molar-refractivity contribution in [1.82, 2.24) is 5.32 Å². The molecule has 0 aliphatic rings. The quantitative estimate of drug-likeness (QED) is 0.632. The molecule has 4 heteroatoms. The van der Waals surface area contributed by atoms with Crippen LogP contribution in [0.2, 0.25) is 0 Å². The molecule has 0 radical (unpaired) electrons. The summed E-state index contributed by atoms with van der Waals surface area (Å²) in [6, 6.07) is 14.7. The minimum atomic E-state index is -0.166. The SMILES string of the molecule is C=CCOc1ccc(C(=O)NCc2ccccc2)cc1N. The minimum Gasteiger partial charge on any atom is -0.487 e. The second-order valence-electron chi connectivity index (χ2n) is 4.52. The van der Waals surface area contributed by atoms with Gasteiger partial charge in [-0.25, -0.2) is 0 Å². The number of benzene rings is 2. The van der Waals surface area contributed by atoms with Gasteiger partial charge in [-0.3, -0.25) is 4.79 Å². The number of hydrogen-bond acceptors (Lipinski definition) is 3. The largest absolute Gasteiger partial charge is 0.487 e. The minimum absolute atomic E-state index is 0.166. The summed E-state index contributed by atoms with van der Waals surface area (Å²) >= 11 is 0. The molecule has 21 heavy (non-hydrogen) atoms. The number of nitrogen functional groups attached to an aromatic ring is 1. The van der Waals surface area contributed by atoms with Crippen LogP contribution in [-0.4, -0.2) is 12.5 Å². The smallest absolute Gasteiger partial charge is 0.251 e. The number of nitrogens with one attached hydrogen (secondary N) is 1. The Hall–Kier alpha value is -2.75. The topological polar surface area (TPSA) is 64.3 Å². The molecule has 3 N–H and O–H groups in total. The van der Waals surface area contributed by atoms with Crippen LogP contribution in [0.15, 0.2) is 61.2 Å². The Morgan fingerprint density at radius 1 is 1.24 bits per heavy atom. The number of amides is 1. The van der Waals surface area contributed by atoms with Gasteiger partial charge >= 0.3 is 0 Å². The fraction of sp³-hybridized carbons (Fsp3) is 0.118. The van der Waals surface area contributed by atoms with Crippen molar-refractivity contribution >= 4 is 11.6 Å². The van der Waals surface area contributed by atoms with Crippen LogP contribution in [0.1, 0.15) is 15.9 Å². The van der Waals surface area contributed by atoms with E-state index in [4.69, 9.17) is 10.5 Å². The molecule has 0 saturated carbocycles. The highest BCUT2D eigenvalue weighted by molar-refractivity contribution is 5.95. The monoisotopic (exact) mass is 282 g/mol. The average Bonchev–Trinajstić information content (AvgIpc) is 2.52. The normalized spacial score (nSPS) is 9.90. The molecule has 0 atom stereocenters. The first kappa shape index (κ1) is 14.7. The number of carbonyl (C=O) groups is 1. The molecule has 2 rings (SSSR count). The highest BCUT2D eigenvalue weighted by Gasteiger charge is 2.08. The molecule has 0 aliphatic carbocycles. The van der Waals surface area contributed by atoms with Gasteiger partial charge in [-0.05, 0) is 23.8 Å². The van der Waals surface area contributed by atoms with E-state index in [1.807, 2.05) is 30.3 Å². The molecule has 0 fully saturated rings. The standard InChI is InChI=1S/C17H18N2O2/c1-2-10-21-16-9-8-14(11-15(16)18)17(20)19-12-13-6-4-3-5-7-13/h2-9,11H,1,10,12,18H2,(H,19,20). The zero-order valence-corrected chi connectivity index (χ0v) is 11.7. The Morgan fingerprint density at radius 2 is 2.00 bits per heavy atom. The predicted octanol–water partition coefficient (Wildman–Crippen LogP) is 2.76. The van der Waals surface area contributed by atoms with E-state index in [-0.39, 0.29) is 5.91 Å².